The van der Waals surface area contributed by atoms with Gasteiger partial charge in [-0.2, -0.15) is 18.3 Å². The van der Waals surface area contributed by atoms with Crippen molar-refractivity contribution in [3.05, 3.63) is 40.5 Å². The maximum atomic E-state index is 12.7. The first-order valence-corrected chi connectivity index (χ1v) is 6.03. The number of rotatable bonds is 2. The van der Waals surface area contributed by atoms with E-state index < -0.39 is 17.6 Å². The molecule has 1 aromatic heterocycles. The lowest BCUT2D eigenvalue weighted by Crippen LogP contribution is -2.14. The van der Waals surface area contributed by atoms with E-state index in [4.69, 9.17) is 17.3 Å². The quantitative estimate of drug-likeness (QED) is 0.894. The molecular weight excluding hydrogens is 309 g/mol. The van der Waals surface area contributed by atoms with E-state index in [1.165, 1.54) is 24.0 Å². The zero-order valence-electron chi connectivity index (χ0n) is 10.7. The van der Waals surface area contributed by atoms with E-state index in [1.54, 1.807) is 0 Å². The van der Waals surface area contributed by atoms with Crippen LogP contribution in [-0.2, 0) is 13.2 Å². The van der Waals surface area contributed by atoms with Gasteiger partial charge in [0.1, 0.15) is 11.4 Å². The van der Waals surface area contributed by atoms with Gasteiger partial charge in [-0.15, -0.1) is 0 Å². The van der Waals surface area contributed by atoms with Crippen molar-refractivity contribution >= 4 is 29.0 Å². The van der Waals surface area contributed by atoms with Crippen LogP contribution < -0.4 is 11.1 Å². The number of nitrogen functional groups attached to an aromatic ring is 1. The van der Waals surface area contributed by atoms with Crippen LogP contribution in [0.5, 0.6) is 0 Å². The largest absolute Gasteiger partial charge is 0.416 e. The van der Waals surface area contributed by atoms with Gasteiger partial charge < -0.3 is 11.1 Å². The van der Waals surface area contributed by atoms with E-state index in [-0.39, 0.29) is 22.1 Å². The van der Waals surface area contributed by atoms with Gasteiger partial charge in [-0.3, -0.25) is 9.48 Å². The summed E-state index contributed by atoms with van der Waals surface area (Å²) < 4.78 is 39.3. The number of nitrogens with zero attached hydrogens (tertiary/aromatic N) is 2. The molecule has 0 fully saturated rings. The van der Waals surface area contributed by atoms with Crippen molar-refractivity contribution in [2.75, 3.05) is 11.1 Å². The number of benzene rings is 1. The summed E-state index contributed by atoms with van der Waals surface area (Å²) in [4.78, 5) is 12.0. The summed E-state index contributed by atoms with van der Waals surface area (Å²) in [6.45, 7) is 0. The third kappa shape index (κ3) is 3.27. The Morgan fingerprint density at radius 2 is 2.05 bits per heavy atom. The second-order valence-electron chi connectivity index (χ2n) is 4.25. The molecule has 0 saturated heterocycles. The van der Waals surface area contributed by atoms with Crippen LogP contribution in [0.3, 0.4) is 0 Å². The Morgan fingerprint density at radius 3 is 2.57 bits per heavy atom. The highest BCUT2D eigenvalue weighted by molar-refractivity contribution is 6.31. The van der Waals surface area contributed by atoms with Crippen LogP contribution in [0.4, 0.5) is 24.7 Å². The molecule has 1 aromatic carbocycles. The van der Waals surface area contributed by atoms with Crippen LogP contribution in [0.15, 0.2) is 24.4 Å². The third-order valence-electron chi connectivity index (χ3n) is 2.71. The predicted molar refractivity (Wildman–Crippen MR) is 72.0 cm³/mol. The van der Waals surface area contributed by atoms with Crippen molar-refractivity contribution < 1.29 is 18.0 Å². The number of anilines is 2. The Kier molecular flexibility index (Phi) is 3.82. The smallest absolute Gasteiger partial charge is 0.383 e. The SMILES string of the molecule is Cn1ncc(C(=O)Nc2cc(Cl)cc(C(F)(F)F)c2)c1N. The first-order valence-electron chi connectivity index (χ1n) is 5.65. The highest BCUT2D eigenvalue weighted by Crippen LogP contribution is 2.33. The summed E-state index contributed by atoms with van der Waals surface area (Å²) in [5.41, 5.74) is 4.65. The number of carbonyl (C=O) groups is 1. The third-order valence-corrected chi connectivity index (χ3v) is 2.93. The van der Waals surface area contributed by atoms with Crippen molar-refractivity contribution in [3.63, 3.8) is 0 Å². The molecule has 0 aliphatic heterocycles. The molecule has 5 nitrogen and oxygen atoms in total. The van der Waals surface area contributed by atoms with Gasteiger partial charge in [0.05, 0.1) is 11.8 Å². The average Bonchev–Trinajstić information content (AvgIpc) is 2.68. The Morgan fingerprint density at radius 1 is 1.38 bits per heavy atom. The molecule has 3 N–H and O–H groups in total. The van der Waals surface area contributed by atoms with Gasteiger partial charge >= 0.3 is 6.18 Å². The molecule has 0 aliphatic rings. The molecule has 0 spiro atoms. The molecule has 0 atom stereocenters. The number of aryl methyl sites for hydroxylation is 1. The number of aromatic nitrogens is 2. The number of nitrogens with two attached hydrogens (primary N) is 1. The summed E-state index contributed by atoms with van der Waals surface area (Å²) in [5, 5.41) is 5.95. The zero-order chi connectivity index (χ0) is 15.8. The molecule has 0 radical (unpaired) electrons. The molecule has 0 bridgehead atoms. The van der Waals surface area contributed by atoms with Gasteiger partial charge in [-0.25, -0.2) is 0 Å². The summed E-state index contributed by atoms with van der Waals surface area (Å²) in [6, 6.07) is 2.77. The fraction of sp³-hybridized carbons (Fsp3) is 0.167. The summed E-state index contributed by atoms with van der Waals surface area (Å²) >= 11 is 5.63. The van der Waals surface area contributed by atoms with Crippen molar-refractivity contribution in [2.24, 2.45) is 7.05 Å². The topological polar surface area (TPSA) is 72.9 Å². The van der Waals surface area contributed by atoms with E-state index in [2.05, 4.69) is 10.4 Å². The van der Waals surface area contributed by atoms with Crippen molar-refractivity contribution in [2.45, 2.75) is 6.18 Å². The van der Waals surface area contributed by atoms with Crippen LogP contribution in [-0.4, -0.2) is 15.7 Å². The number of alkyl halides is 3. The molecule has 0 aliphatic carbocycles. The van der Waals surface area contributed by atoms with Crippen LogP contribution in [0, 0.1) is 0 Å². The van der Waals surface area contributed by atoms with Gasteiger partial charge in [0.25, 0.3) is 5.91 Å². The fourth-order valence-electron chi connectivity index (χ4n) is 1.65. The highest BCUT2D eigenvalue weighted by atomic mass is 35.5. The zero-order valence-corrected chi connectivity index (χ0v) is 11.5. The molecule has 0 unspecified atom stereocenters. The van der Waals surface area contributed by atoms with Gasteiger partial charge in [0, 0.05) is 17.8 Å². The Hall–Kier alpha value is -2.22. The van der Waals surface area contributed by atoms with Gasteiger partial charge in [0.15, 0.2) is 0 Å². The second-order valence-corrected chi connectivity index (χ2v) is 4.68. The van der Waals surface area contributed by atoms with Crippen molar-refractivity contribution in [3.8, 4) is 0 Å². The van der Waals surface area contributed by atoms with Crippen LogP contribution in [0.25, 0.3) is 0 Å². The summed E-state index contributed by atoms with van der Waals surface area (Å²) in [5.74, 6) is -0.568. The van der Waals surface area contributed by atoms with Gasteiger partial charge in [-0.1, -0.05) is 11.6 Å². The molecule has 1 heterocycles. The number of hydrogen-bond acceptors (Lipinski definition) is 3. The van der Waals surface area contributed by atoms with E-state index in [9.17, 15) is 18.0 Å². The van der Waals surface area contributed by atoms with Crippen molar-refractivity contribution in [1.82, 2.24) is 9.78 Å². The highest BCUT2D eigenvalue weighted by Gasteiger charge is 2.31. The van der Waals surface area contributed by atoms with Gasteiger partial charge in [-0.05, 0) is 18.2 Å². The molecular formula is C12H10ClF3N4O. The molecule has 2 aromatic rings. The molecule has 0 saturated carbocycles. The first kappa shape index (κ1) is 15.2. The maximum Gasteiger partial charge on any atom is 0.416 e. The molecule has 21 heavy (non-hydrogen) atoms. The standard InChI is InChI=1S/C12H10ClF3N4O/c1-20-10(17)9(5-18-20)11(21)19-8-3-6(12(14,15)16)2-7(13)4-8/h2-5H,17H2,1H3,(H,19,21). The van der Waals surface area contributed by atoms with E-state index in [0.29, 0.717) is 0 Å². The number of hydrogen-bond donors (Lipinski definition) is 2. The lowest BCUT2D eigenvalue weighted by molar-refractivity contribution is -0.137. The second kappa shape index (κ2) is 5.28. The molecule has 2 rings (SSSR count). The van der Waals surface area contributed by atoms with Crippen LogP contribution in [0.2, 0.25) is 5.02 Å². The molecule has 1 amide bonds. The number of carbonyl (C=O) groups excluding carboxylic acids is 1. The predicted octanol–water partition coefficient (Wildman–Crippen LogP) is 2.93. The van der Waals surface area contributed by atoms with Gasteiger partial charge in [0.2, 0.25) is 0 Å². The van der Waals surface area contributed by atoms with E-state index >= 15 is 0 Å². The monoisotopic (exact) mass is 318 g/mol. The lowest BCUT2D eigenvalue weighted by Gasteiger charge is -2.10. The normalized spacial score (nSPS) is 11.5. The maximum absolute atomic E-state index is 12.7. The Bertz CT molecular complexity index is 696. The molecule has 9 heteroatoms. The number of halogens is 4. The van der Waals surface area contributed by atoms with Crippen molar-refractivity contribution in [1.29, 1.82) is 0 Å². The number of nitrogens with one attached hydrogen (secondary N) is 1. The van der Waals surface area contributed by atoms with Crippen LogP contribution >= 0.6 is 11.6 Å². The minimum atomic E-state index is -4.56. The number of amides is 1. The van der Waals surface area contributed by atoms with E-state index in [0.717, 1.165) is 12.1 Å². The molecule has 112 valence electrons. The fourth-order valence-corrected chi connectivity index (χ4v) is 1.88. The van der Waals surface area contributed by atoms with E-state index in [1.807, 2.05) is 0 Å². The van der Waals surface area contributed by atoms with Crippen LogP contribution in [0.1, 0.15) is 15.9 Å². The lowest BCUT2D eigenvalue weighted by atomic mass is 10.2. The Balaban J connectivity index is 2.30. The Labute approximate surface area is 122 Å². The minimum absolute atomic E-state index is 0.0611. The minimum Gasteiger partial charge on any atom is -0.383 e. The first-order chi connectivity index (χ1) is 9.68. The summed E-state index contributed by atoms with van der Waals surface area (Å²) in [6.07, 6.45) is -3.34. The summed E-state index contributed by atoms with van der Waals surface area (Å²) in [7, 11) is 1.53. The average molecular weight is 319 g/mol.